The molecule has 1 aromatic carbocycles. The Balaban J connectivity index is 2.73. The molecule has 1 atom stereocenters. The van der Waals surface area contributed by atoms with E-state index in [0.717, 1.165) is 6.07 Å². The SMILES string of the molecule is CC(O)Cc1cn(C)c2cccc(C(F)(F)F)c12. The molecule has 18 heavy (non-hydrogen) atoms. The van der Waals surface area contributed by atoms with Crippen molar-refractivity contribution in [3.05, 3.63) is 35.5 Å². The lowest BCUT2D eigenvalue weighted by atomic mass is 10.0. The van der Waals surface area contributed by atoms with Gasteiger partial charge in [0, 0.05) is 30.6 Å². The van der Waals surface area contributed by atoms with Crippen LogP contribution in [0.2, 0.25) is 0 Å². The fraction of sp³-hybridized carbons (Fsp3) is 0.385. The summed E-state index contributed by atoms with van der Waals surface area (Å²) in [6.07, 6.45) is -3.19. The molecule has 0 aliphatic rings. The first-order valence-electron chi connectivity index (χ1n) is 5.63. The van der Waals surface area contributed by atoms with Crippen molar-refractivity contribution in [2.24, 2.45) is 7.05 Å². The Morgan fingerprint density at radius 2 is 2.00 bits per heavy atom. The summed E-state index contributed by atoms with van der Waals surface area (Å²) in [7, 11) is 1.70. The van der Waals surface area contributed by atoms with Gasteiger partial charge in [0.15, 0.2) is 0 Å². The number of aliphatic hydroxyl groups excluding tert-OH is 1. The molecule has 0 radical (unpaired) electrons. The Kier molecular flexibility index (Phi) is 3.11. The Hall–Kier alpha value is -1.49. The van der Waals surface area contributed by atoms with E-state index in [0.29, 0.717) is 11.1 Å². The van der Waals surface area contributed by atoms with Crippen molar-refractivity contribution >= 4 is 10.9 Å². The summed E-state index contributed by atoms with van der Waals surface area (Å²) in [5, 5.41) is 9.57. The zero-order valence-corrected chi connectivity index (χ0v) is 10.1. The molecule has 0 saturated carbocycles. The average molecular weight is 257 g/mol. The normalized spacial score (nSPS) is 14.1. The maximum absolute atomic E-state index is 13.0. The van der Waals surface area contributed by atoms with Gasteiger partial charge in [-0.3, -0.25) is 0 Å². The van der Waals surface area contributed by atoms with E-state index in [2.05, 4.69) is 0 Å². The lowest BCUT2D eigenvalue weighted by Crippen LogP contribution is -2.08. The van der Waals surface area contributed by atoms with Crippen molar-refractivity contribution in [3.63, 3.8) is 0 Å². The van der Waals surface area contributed by atoms with Gasteiger partial charge in [0.1, 0.15) is 0 Å². The molecule has 0 fully saturated rings. The Bertz CT molecular complexity index is 569. The number of aliphatic hydroxyl groups is 1. The van der Waals surface area contributed by atoms with Gasteiger partial charge >= 0.3 is 6.18 Å². The van der Waals surface area contributed by atoms with Crippen LogP contribution in [0.5, 0.6) is 0 Å². The molecule has 0 spiro atoms. The van der Waals surface area contributed by atoms with E-state index in [1.807, 2.05) is 0 Å². The van der Waals surface area contributed by atoms with E-state index in [1.165, 1.54) is 6.07 Å². The van der Waals surface area contributed by atoms with E-state index in [9.17, 15) is 18.3 Å². The van der Waals surface area contributed by atoms with Crippen molar-refractivity contribution in [1.29, 1.82) is 0 Å². The number of hydrogen-bond acceptors (Lipinski definition) is 1. The van der Waals surface area contributed by atoms with Gasteiger partial charge in [-0.25, -0.2) is 0 Å². The summed E-state index contributed by atoms with van der Waals surface area (Å²) >= 11 is 0. The fourth-order valence-corrected chi connectivity index (χ4v) is 2.25. The summed E-state index contributed by atoms with van der Waals surface area (Å²) in [5.41, 5.74) is 0.409. The highest BCUT2D eigenvalue weighted by Crippen LogP contribution is 2.37. The molecule has 2 nitrogen and oxygen atoms in total. The standard InChI is InChI=1S/C13H14F3NO/c1-8(18)6-9-7-17(2)11-5-3-4-10(12(9)11)13(14,15)16/h3-5,7-8,18H,6H2,1-2H3. The molecule has 98 valence electrons. The number of nitrogens with zero attached hydrogens (tertiary/aromatic N) is 1. The number of hydrogen-bond donors (Lipinski definition) is 1. The van der Waals surface area contributed by atoms with Crippen molar-refractivity contribution in [2.75, 3.05) is 0 Å². The molecule has 0 saturated heterocycles. The largest absolute Gasteiger partial charge is 0.417 e. The summed E-state index contributed by atoms with van der Waals surface area (Å²) in [6, 6.07) is 4.13. The third-order valence-corrected chi connectivity index (χ3v) is 2.91. The summed E-state index contributed by atoms with van der Waals surface area (Å²) < 4.78 is 40.6. The Labute approximate surface area is 103 Å². The number of benzene rings is 1. The molecule has 2 rings (SSSR count). The monoisotopic (exact) mass is 257 g/mol. The third-order valence-electron chi connectivity index (χ3n) is 2.91. The van der Waals surface area contributed by atoms with E-state index >= 15 is 0 Å². The van der Waals surface area contributed by atoms with Crippen LogP contribution in [-0.2, 0) is 19.6 Å². The molecule has 5 heteroatoms. The third kappa shape index (κ3) is 2.22. The average Bonchev–Trinajstić information content (AvgIpc) is 2.54. The van der Waals surface area contributed by atoms with Crippen molar-refractivity contribution in [2.45, 2.75) is 25.6 Å². The number of aryl methyl sites for hydroxylation is 1. The van der Waals surface area contributed by atoms with Crippen LogP contribution in [0.15, 0.2) is 24.4 Å². The number of fused-ring (bicyclic) bond motifs is 1. The van der Waals surface area contributed by atoms with Crippen LogP contribution in [0.3, 0.4) is 0 Å². The minimum atomic E-state index is -4.38. The van der Waals surface area contributed by atoms with Crippen molar-refractivity contribution in [1.82, 2.24) is 4.57 Å². The highest BCUT2D eigenvalue weighted by molar-refractivity contribution is 5.88. The van der Waals surface area contributed by atoms with Gasteiger partial charge in [0.25, 0.3) is 0 Å². The number of alkyl halides is 3. The lowest BCUT2D eigenvalue weighted by Gasteiger charge is -2.10. The predicted molar refractivity (Wildman–Crippen MR) is 63.3 cm³/mol. The van der Waals surface area contributed by atoms with Gasteiger partial charge in [-0.2, -0.15) is 13.2 Å². The predicted octanol–water partition coefficient (Wildman–Crippen LogP) is 3.12. The van der Waals surface area contributed by atoms with Crippen molar-refractivity contribution < 1.29 is 18.3 Å². The molecular formula is C13H14F3NO. The second-order valence-corrected chi connectivity index (χ2v) is 4.52. The summed E-state index contributed by atoms with van der Waals surface area (Å²) in [6.45, 7) is 1.56. The molecule has 0 amide bonds. The molecule has 0 bridgehead atoms. The first kappa shape index (κ1) is 13.0. The molecular weight excluding hydrogens is 243 g/mol. The van der Waals surface area contributed by atoms with Gasteiger partial charge in [-0.1, -0.05) is 6.07 Å². The second kappa shape index (κ2) is 4.31. The van der Waals surface area contributed by atoms with Gasteiger partial charge in [0.2, 0.25) is 0 Å². The Morgan fingerprint density at radius 1 is 1.33 bits per heavy atom. The van der Waals surface area contributed by atoms with Gasteiger partial charge in [-0.15, -0.1) is 0 Å². The summed E-state index contributed by atoms with van der Waals surface area (Å²) in [4.78, 5) is 0. The highest BCUT2D eigenvalue weighted by atomic mass is 19.4. The topological polar surface area (TPSA) is 25.2 Å². The zero-order valence-electron chi connectivity index (χ0n) is 10.1. The van der Waals surface area contributed by atoms with Crippen LogP contribution in [0, 0.1) is 0 Å². The number of halogens is 3. The Morgan fingerprint density at radius 3 is 2.56 bits per heavy atom. The lowest BCUT2D eigenvalue weighted by molar-refractivity contribution is -0.136. The fourth-order valence-electron chi connectivity index (χ4n) is 2.25. The molecule has 1 aromatic heterocycles. The van der Waals surface area contributed by atoms with E-state index in [1.54, 1.807) is 30.8 Å². The van der Waals surface area contributed by atoms with Crippen LogP contribution < -0.4 is 0 Å². The van der Waals surface area contributed by atoms with Crippen LogP contribution in [0.1, 0.15) is 18.1 Å². The zero-order chi connectivity index (χ0) is 13.5. The first-order chi connectivity index (χ1) is 8.30. The summed E-state index contributed by atoms with van der Waals surface area (Å²) in [5.74, 6) is 0. The molecule has 0 aliphatic heterocycles. The van der Waals surface area contributed by atoms with Crippen LogP contribution >= 0.6 is 0 Å². The van der Waals surface area contributed by atoms with Gasteiger partial charge < -0.3 is 9.67 Å². The van der Waals surface area contributed by atoms with E-state index in [4.69, 9.17) is 0 Å². The molecule has 1 heterocycles. The quantitative estimate of drug-likeness (QED) is 0.878. The van der Waals surface area contributed by atoms with Crippen LogP contribution in [-0.4, -0.2) is 15.8 Å². The highest BCUT2D eigenvalue weighted by Gasteiger charge is 2.33. The number of aromatic nitrogens is 1. The molecule has 0 aliphatic carbocycles. The molecule has 2 aromatic rings. The maximum Gasteiger partial charge on any atom is 0.417 e. The number of rotatable bonds is 2. The van der Waals surface area contributed by atoms with E-state index in [-0.39, 0.29) is 11.8 Å². The molecule has 1 unspecified atom stereocenters. The smallest absolute Gasteiger partial charge is 0.393 e. The maximum atomic E-state index is 13.0. The minimum absolute atomic E-state index is 0.188. The minimum Gasteiger partial charge on any atom is -0.393 e. The first-order valence-corrected chi connectivity index (χ1v) is 5.63. The van der Waals surface area contributed by atoms with Crippen LogP contribution in [0.4, 0.5) is 13.2 Å². The van der Waals surface area contributed by atoms with Gasteiger partial charge in [0.05, 0.1) is 11.7 Å². The van der Waals surface area contributed by atoms with Crippen LogP contribution in [0.25, 0.3) is 10.9 Å². The van der Waals surface area contributed by atoms with Gasteiger partial charge in [-0.05, 0) is 24.6 Å². The molecule has 1 N–H and O–H groups in total. The second-order valence-electron chi connectivity index (χ2n) is 4.52. The van der Waals surface area contributed by atoms with Crippen molar-refractivity contribution in [3.8, 4) is 0 Å². The van der Waals surface area contributed by atoms with E-state index < -0.39 is 17.8 Å².